The Hall–Kier alpha value is -4.78. The van der Waals surface area contributed by atoms with Crippen LogP contribution in [0.2, 0.25) is 0 Å². The van der Waals surface area contributed by atoms with Crippen molar-refractivity contribution in [2.24, 2.45) is 0 Å². The number of hydroxylamine groups is 1. The van der Waals surface area contributed by atoms with E-state index in [2.05, 4.69) is 54.0 Å². The molecular weight excluding hydrogens is 546 g/mol. The Kier molecular flexibility index (Phi) is 7.93. The van der Waals surface area contributed by atoms with Gasteiger partial charge >= 0.3 is 0 Å². The summed E-state index contributed by atoms with van der Waals surface area (Å²) in [4.78, 5) is 9.46. The highest BCUT2D eigenvalue weighted by Crippen LogP contribution is 2.45. The second-order valence-electron chi connectivity index (χ2n) is 11.6. The molecule has 1 aliphatic rings. The quantitative estimate of drug-likeness (QED) is 0.168. The molecule has 2 heterocycles. The first-order valence-corrected chi connectivity index (χ1v) is 15.2. The van der Waals surface area contributed by atoms with Crippen LogP contribution < -0.4 is 15.0 Å². The standard InChI is InChI=1S/C38H35N3O3/c42-41-31-8-5-23-38(24-31,29-13-19-34(20-14-29)43-25-32-17-11-27-6-1-3-9-36(27)39-32)30-15-21-35(22-16-30)44-26-33-18-12-28-7-2-4-10-37(28)40-33/h1-4,6-7,9-22,31,41-42H,5,8,23-26H2. The number of hydrogen-bond acceptors (Lipinski definition) is 6. The van der Waals surface area contributed by atoms with Gasteiger partial charge in [-0.3, -0.25) is 0 Å². The second kappa shape index (κ2) is 12.4. The van der Waals surface area contributed by atoms with Gasteiger partial charge in [0.15, 0.2) is 0 Å². The summed E-state index contributed by atoms with van der Waals surface area (Å²) in [5, 5.41) is 12.1. The second-order valence-corrected chi connectivity index (χ2v) is 11.6. The van der Waals surface area contributed by atoms with Crippen LogP contribution in [-0.2, 0) is 18.6 Å². The lowest BCUT2D eigenvalue weighted by atomic mass is 9.64. The van der Waals surface area contributed by atoms with Crippen LogP contribution in [-0.4, -0.2) is 21.2 Å². The zero-order valence-electron chi connectivity index (χ0n) is 24.5. The summed E-state index contributed by atoms with van der Waals surface area (Å²) in [6, 6.07) is 41.3. The summed E-state index contributed by atoms with van der Waals surface area (Å²) in [6.45, 7) is 0.810. The summed E-state index contributed by atoms with van der Waals surface area (Å²) in [6.07, 6.45) is 3.74. The molecule has 1 saturated carbocycles. The molecule has 0 aliphatic heterocycles. The molecule has 4 aromatic carbocycles. The normalized spacial score (nSPS) is 16.2. The Balaban J connectivity index is 1.08. The van der Waals surface area contributed by atoms with E-state index in [1.165, 1.54) is 11.1 Å². The molecule has 44 heavy (non-hydrogen) atoms. The van der Waals surface area contributed by atoms with E-state index in [1.807, 2.05) is 72.8 Å². The maximum Gasteiger partial charge on any atom is 0.130 e. The number of nitrogens with zero attached hydrogens (tertiary/aromatic N) is 2. The molecule has 6 nitrogen and oxygen atoms in total. The lowest BCUT2D eigenvalue weighted by molar-refractivity contribution is 0.0911. The molecule has 1 atom stereocenters. The van der Waals surface area contributed by atoms with Crippen molar-refractivity contribution in [3.8, 4) is 11.5 Å². The lowest BCUT2D eigenvalue weighted by Gasteiger charge is -2.42. The number of fused-ring (bicyclic) bond motifs is 2. The Morgan fingerprint density at radius 1 is 0.636 bits per heavy atom. The highest BCUT2D eigenvalue weighted by molar-refractivity contribution is 5.79. The van der Waals surface area contributed by atoms with Crippen molar-refractivity contribution in [3.05, 3.63) is 144 Å². The van der Waals surface area contributed by atoms with Gasteiger partial charge in [-0.2, -0.15) is 0 Å². The maximum absolute atomic E-state index is 9.89. The van der Waals surface area contributed by atoms with Crippen molar-refractivity contribution >= 4 is 21.8 Å². The van der Waals surface area contributed by atoms with Crippen LogP contribution in [0, 0.1) is 0 Å². The van der Waals surface area contributed by atoms with Gasteiger partial charge in [-0.1, -0.05) is 79.2 Å². The molecule has 0 amide bonds. The molecule has 7 rings (SSSR count). The van der Waals surface area contributed by atoms with E-state index >= 15 is 0 Å². The van der Waals surface area contributed by atoms with E-state index in [9.17, 15) is 5.21 Å². The van der Waals surface area contributed by atoms with E-state index in [1.54, 1.807) is 0 Å². The van der Waals surface area contributed by atoms with Crippen molar-refractivity contribution < 1.29 is 14.7 Å². The molecule has 6 heteroatoms. The van der Waals surface area contributed by atoms with E-state index in [4.69, 9.17) is 19.4 Å². The highest BCUT2D eigenvalue weighted by Gasteiger charge is 2.39. The fraction of sp³-hybridized carbons (Fsp3) is 0.211. The third-order valence-electron chi connectivity index (χ3n) is 8.83. The number of rotatable bonds is 9. The van der Waals surface area contributed by atoms with E-state index < -0.39 is 0 Å². The molecule has 0 bridgehead atoms. The Labute approximate surface area is 257 Å². The predicted octanol–water partition coefficient (Wildman–Crippen LogP) is 8.15. The van der Waals surface area contributed by atoms with Crippen molar-refractivity contribution in [3.63, 3.8) is 0 Å². The first-order chi connectivity index (χ1) is 21.7. The first-order valence-electron chi connectivity index (χ1n) is 15.2. The molecule has 2 N–H and O–H groups in total. The highest BCUT2D eigenvalue weighted by atomic mass is 16.5. The van der Waals surface area contributed by atoms with E-state index in [0.29, 0.717) is 13.2 Å². The van der Waals surface area contributed by atoms with E-state index in [-0.39, 0.29) is 11.5 Å². The minimum absolute atomic E-state index is 0.0218. The van der Waals surface area contributed by atoms with Gasteiger partial charge in [0, 0.05) is 22.2 Å². The molecule has 0 saturated heterocycles. The van der Waals surface area contributed by atoms with Crippen molar-refractivity contribution in [2.75, 3.05) is 0 Å². The zero-order valence-corrected chi connectivity index (χ0v) is 24.5. The van der Waals surface area contributed by atoms with Crippen LogP contribution in [0.3, 0.4) is 0 Å². The molecule has 2 aromatic heterocycles. The van der Waals surface area contributed by atoms with Crippen LogP contribution in [0.1, 0.15) is 48.2 Å². The number of pyridine rings is 2. The molecule has 1 fully saturated rings. The number of ether oxygens (including phenoxy) is 2. The van der Waals surface area contributed by atoms with E-state index in [0.717, 1.165) is 70.4 Å². The number of nitrogens with one attached hydrogen (secondary N) is 1. The molecule has 6 aromatic rings. The molecule has 0 spiro atoms. The first kappa shape index (κ1) is 28.0. The number of hydrogen-bond donors (Lipinski definition) is 2. The fourth-order valence-corrected chi connectivity index (χ4v) is 6.51. The smallest absolute Gasteiger partial charge is 0.130 e. The Morgan fingerprint density at radius 2 is 1.14 bits per heavy atom. The summed E-state index contributed by atoms with van der Waals surface area (Å²) < 4.78 is 12.3. The van der Waals surface area contributed by atoms with Crippen LogP contribution in [0.25, 0.3) is 21.8 Å². The van der Waals surface area contributed by atoms with Gasteiger partial charge in [0.2, 0.25) is 0 Å². The largest absolute Gasteiger partial charge is 0.487 e. The van der Waals surface area contributed by atoms with Gasteiger partial charge in [-0.15, -0.1) is 0 Å². The minimum atomic E-state index is -0.241. The lowest BCUT2D eigenvalue weighted by Crippen LogP contribution is -2.41. The topological polar surface area (TPSA) is 76.5 Å². The van der Waals surface area contributed by atoms with Crippen LogP contribution in [0.15, 0.2) is 121 Å². The number of aromatic nitrogens is 2. The SMILES string of the molecule is ONC1CCCC(c2ccc(OCc3ccc4ccccc4n3)cc2)(c2ccc(OCc3ccc4ccccc4n3)cc2)C1. The van der Waals surface area contributed by atoms with Crippen molar-refractivity contribution in [1.82, 2.24) is 15.4 Å². The number of benzene rings is 4. The predicted molar refractivity (Wildman–Crippen MR) is 173 cm³/mol. The Bertz CT molecular complexity index is 1750. The van der Waals surface area contributed by atoms with Crippen LogP contribution >= 0.6 is 0 Å². The summed E-state index contributed by atoms with van der Waals surface area (Å²) >= 11 is 0. The third kappa shape index (κ3) is 5.87. The van der Waals surface area contributed by atoms with Crippen LogP contribution in [0.5, 0.6) is 11.5 Å². The molecule has 1 unspecified atom stereocenters. The average molecular weight is 582 g/mol. The van der Waals surface area contributed by atoms with Gasteiger partial charge in [0.1, 0.15) is 24.7 Å². The van der Waals surface area contributed by atoms with Crippen molar-refractivity contribution in [2.45, 2.75) is 50.4 Å². The van der Waals surface area contributed by atoms with Gasteiger partial charge in [0.25, 0.3) is 0 Å². The van der Waals surface area contributed by atoms with Crippen LogP contribution in [0.4, 0.5) is 0 Å². The average Bonchev–Trinajstić information content (AvgIpc) is 3.10. The zero-order chi connectivity index (χ0) is 29.8. The molecular formula is C38H35N3O3. The van der Waals surface area contributed by atoms with Gasteiger partial charge in [-0.25, -0.2) is 15.4 Å². The summed E-state index contributed by atoms with van der Waals surface area (Å²) in [5.41, 5.74) is 8.47. The van der Waals surface area contributed by atoms with Gasteiger partial charge in [0.05, 0.1) is 22.4 Å². The molecule has 1 aliphatic carbocycles. The maximum atomic E-state index is 9.89. The van der Waals surface area contributed by atoms with Gasteiger partial charge < -0.3 is 14.7 Å². The molecule has 0 radical (unpaired) electrons. The van der Waals surface area contributed by atoms with Crippen molar-refractivity contribution in [1.29, 1.82) is 0 Å². The van der Waals surface area contributed by atoms with Gasteiger partial charge in [-0.05, 0) is 78.9 Å². The minimum Gasteiger partial charge on any atom is -0.487 e. The molecule has 220 valence electrons. The number of para-hydroxylation sites is 2. The fourth-order valence-electron chi connectivity index (χ4n) is 6.51. The third-order valence-corrected chi connectivity index (χ3v) is 8.83. The summed E-state index contributed by atoms with van der Waals surface area (Å²) in [5.74, 6) is 1.61. The Morgan fingerprint density at radius 3 is 1.64 bits per heavy atom. The monoisotopic (exact) mass is 581 g/mol. The summed E-state index contributed by atoms with van der Waals surface area (Å²) in [7, 11) is 0.